The van der Waals surface area contributed by atoms with Crippen LogP contribution in [0.5, 0.6) is 0 Å². The second kappa shape index (κ2) is 6.38. The Bertz CT molecular complexity index is 423. The number of imidazole rings is 1. The van der Waals surface area contributed by atoms with Crippen LogP contribution in [-0.4, -0.2) is 21.8 Å². The van der Waals surface area contributed by atoms with E-state index in [4.69, 9.17) is 11.6 Å². The average molecular weight is 272 g/mol. The number of nitrogens with one attached hydrogen (secondary N) is 1. The van der Waals surface area contributed by atoms with Crippen molar-refractivity contribution in [1.29, 1.82) is 0 Å². The van der Waals surface area contributed by atoms with Crippen molar-refractivity contribution in [2.45, 2.75) is 26.3 Å². The Morgan fingerprint density at radius 1 is 1.59 bits per heavy atom. The Balaban J connectivity index is 1.67. The maximum Gasteiger partial charge on any atom is 0.193 e. The van der Waals surface area contributed by atoms with Crippen LogP contribution in [0.2, 0.25) is 0 Å². The molecule has 5 heteroatoms. The van der Waals surface area contributed by atoms with Gasteiger partial charge in [0.05, 0.1) is 5.69 Å². The molecule has 3 nitrogen and oxygen atoms in total. The monoisotopic (exact) mass is 271 g/mol. The molecule has 0 aliphatic heterocycles. The molecule has 1 atom stereocenters. The average Bonchev–Trinajstić information content (AvgIpc) is 2.88. The number of halogens is 1. The van der Waals surface area contributed by atoms with Crippen LogP contribution in [0.25, 0.3) is 4.96 Å². The zero-order valence-corrected chi connectivity index (χ0v) is 11.6. The molecule has 0 spiro atoms. The van der Waals surface area contributed by atoms with Gasteiger partial charge in [-0.1, -0.05) is 6.92 Å². The third-order valence-electron chi connectivity index (χ3n) is 2.76. The number of fused-ring (bicyclic) bond motifs is 1. The normalized spacial score (nSPS) is 13.3. The summed E-state index contributed by atoms with van der Waals surface area (Å²) in [5.74, 6) is 1.38. The fourth-order valence-corrected chi connectivity index (χ4v) is 2.60. The lowest BCUT2D eigenvalue weighted by Gasteiger charge is -2.06. The van der Waals surface area contributed by atoms with E-state index in [1.165, 1.54) is 12.8 Å². The van der Waals surface area contributed by atoms with Gasteiger partial charge in [-0.05, 0) is 25.3 Å². The summed E-state index contributed by atoms with van der Waals surface area (Å²) in [4.78, 5) is 5.59. The molecule has 2 aromatic rings. The van der Waals surface area contributed by atoms with Crippen LogP contribution < -0.4 is 5.32 Å². The van der Waals surface area contributed by atoms with Crippen LogP contribution in [0, 0.1) is 5.92 Å². The van der Waals surface area contributed by atoms with Crippen LogP contribution >= 0.6 is 22.9 Å². The van der Waals surface area contributed by atoms with Crippen molar-refractivity contribution >= 4 is 27.9 Å². The number of thiazole rings is 1. The summed E-state index contributed by atoms with van der Waals surface area (Å²) >= 11 is 7.43. The van der Waals surface area contributed by atoms with E-state index in [0.717, 1.165) is 29.6 Å². The van der Waals surface area contributed by atoms with Crippen molar-refractivity contribution in [2.24, 2.45) is 5.92 Å². The van der Waals surface area contributed by atoms with Gasteiger partial charge in [0.25, 0.3) is 0 Å². The molecule has 0 saturated heterocycles. The molecule has 0 radical (unpaired) electrons. The van der Waals surface area contributed by atoms with Gasteiger partial charge in [0, 0.05) is 30.2 Å². The number of hydrogen-bond donors (Lipinski definition) is 1. The standard InChI is InChI=1S/C12H18ClN3S/c1-10(7-13)3-2-4-14-8-11-9-16-5-6-17-12(16)15-11/h5-6,9-10,14H,2-4,7-8H2,1H3. The van der Waals surface area contributed by atoms with Crippen molar-refractivity contribution in [3.05, 3.63) is 23.5 Å². The molecule has 1 N–H and O–H groups in total. The van der Waals surface area contributed by atoms with Gasteiger partial charge in [-0.2, -0.15) is 0 Å². The molecule has 94 valence electrons. The molecule has 0 bridgehead atoms. The highest BCUT2D eigenvalue weighted by Crippen LogP contribution is 2.11. The van der Waals surface area contributed by atoms with Crippen LogP contribution in [0.1, 0.15) is 25.5 Å². The van der Waals surface area contributed by atoms with Gasteiger partial charge >= 0.3 is 0 Å². The molecule has 17 heavy (non-hydrogen) atoms. The Morgan fingerprint density at radius 3 is 3.24 bits per heavy atom. The quantitative estimate of drug-likeness (QED) is 0.619. The van der Waals surface area contributed by atoms with Crippen LogP contribution in [-0.2, 0) is 6.54 Å². The molecule has 0 fully saturated rings. The molecule has 2 aromatic heterocycles. The molecule has 2 heterocycles. The van der Waals surface area contributed by atoms with Gasteiger partial charge in [-0.15, -0.1) is 22.9 Å². The minimum absolute atomic E-state index is 0.622. The summed E-state index contributed by atoms with van der Waals surface area (Å²) in [5, 5.41) is 5.47. The minimum atomic E-state index is 0.622. The minimum Gasteiger partial charge on any atom is -0.311 e. The maximum absolute atomic E-state index is 5.76. The highest BCUT2D eigenvalue weighted by atomic mass is 35.5. The van der Waals surface area contributed by atoms with Crippen LogP contribution in [0.3, 0.4) is 0 Å². The lowest BCUT2D eigenvalue weighted by atomic mass is 10.1. The molecule has 2 rings (SSSR count). The van der Waals surface area contributed by atoms with Gasteiger partial charge < -0.3 is 5.32 Å². The van der Waals surface area contributed by atoms with E-state index in [0.29, 0.717) is 5.92 Å². The zero-order chi connectivity index (χ0) is 12.1. The fraction of sp³-hybridized carbons (Fsp3) is 0.583. The molecule has 0 amide bonds. The van der Waals surface area contributed by atoms with Gasteiger partial charge in [-0.3, -0.25) is 4.40 Å². The van der Waals surface area contributed by atoms with E-state index < -0.39 is 0 Å². The van der Waals surface area contributed by atoms with Crippen molar-refractivity contribution in [1.82, 2.24) is 14.7 Å². The molecule has 0 aliphatic rings. The van der Waals surface area contributed by atoms with Crippen LogP contribution in [0.15, 0.2) is 17.8 Å². The molecular formula is C12H18ClN3S. The van der Waals surface area contributed by atoms with E-state index in [-0.39, 0.29) is 0 Å². The second-order valence-electron chi connectivity index (χ2n) is 4.40. The fourth-order valence-electron chi connectivity index (χ4n) is 1.73. The van der Waals surface area contributed by atoms with Gasteiger partial charge in [0.2, 0.25) is 0 Å². The third-order valence-corrected chi connectivity index (χ3v) is 4.06. The maximum atomic E-state index is 5.76. The smallest absolute Gasteiger partial charge is 0.193 e. The SMILES string of the molecule is CC(CCl)CCCNCc1cn2ccsc2n1. The van der Waals surface area contributed by atoms with E-state index in [9.17, 15) is 0 Å². The first-order valence-corrected chi connectivity index (χ1v) is 7.38. The Morgan fingerprint density at radius 2 is 2.47 bits per heavy atom. The largest absolute Gasteiger partial charge is 0.311 e. The Labute approximate surface area is 111 Å². The van der Waals surface area contributed by atoms with Crippen molar-refractivity contribution in [2.75, 3.05) is 12.4 Å². The van der Waals surface area contributed by atoms with Gasteiger partial charge in [0.1, 0.15) is 0 Å². The summed E-state index contributed by atoms with van der Waals surface area (Å²) in [6.07, 6.45) is 6.49. The number of nitrogens with zero attached hydrogens (tertiary/aromatic N) is 2. The Kier molecular flexibility index (Phi) is 4.83. The number of hydrogen-bond acceptors (Lipinski definition) is 3. The van der Waals surface area contributed by atoms with E-state index in [2.05, 4.69) is 27.8 Å². The van der Waals surface area contributed by atoms with E-state index in [1.807, 2.05) is 11.6 Å². The predicted molar refractivity (Wildman–Crippen MR) is 73.9 cm³/mol. The second-order valence-corrected chi connectivity index (χ2v) is 5.59. The van der Waals surface area contributed by atoms with Crippen molar-refractivity contribution in [3.63, 3.8) is 0 Å². The molecular weight excluding hydrogens is 254 g/mol. The highest BCUT2D eigenvalue weighted by Gasteiger charge is 2.02. The topological polar surface area (TPSA) is 29.3 Å². The van der Waals surface area contributed by atoms with Crippen LogP contribution in [0.4, 0.5) is 0 Å². The molecule has 0 aromatic carbocycles. The predicted octanol–water partition coefficient (Wildman–Crippen LogP) is 3.14. The van der Waals surface area contributed by atoms with E-state index in [1.54, 1.807) is 11.3 Å². The molecule has 0 saturated carbocycles. The summed E-state index contributed by atoms with van der Waals surface area (Å²) in [6.45, 7) is 4.08. The first-order valence-electron chi connectivity index (χ1n) is 5.97. The zero-order valence-electron chi connectivity index (χ0n) is 10.0. The number of alkyl halides is 1. The third kappa shape index (κ3) is 3.69. The van der Waals surface area contributed by atoms with Gasteiger partial charge in [-0.25, -0.2) is 4.98 Å². The summed E-state index contributed by atoms with van der Waals surface area (Å²) in [6, 6.07) is 0. The number of aromatic nitrogens is 2. The highest BCUT2D eigenvalue weighted by molar-refractivity contribution is 7.15. The first-order chi connectivity index (χ1) is 8.29. The molecule has 1 unspecified atom stereocenters. The van der Waals surface area contributed by atoms with Gasteiger partial charge in [0.15, 0.2) is 4.96 Å². The van der Waals surface area contributed by atoms with Crippen molar-refractivity contribution < 1.29 is 0 Å². The lowest BCUT2D eigenvalue weighted by Crippen LogP contribution is -2.15. The van der Waals surface area contributed by atoms with E-state index >= 15 is 0 Å². The summed E-state index contributed by atoms with van der Waals surface area (Å²) < 4.78 is 2.07. The Hall–Kier alpha value is -0.580. The van der Waals surface area contributed by atoms with Crippen molar-refractivity contribution in [3.8, 4) is 0 Å². The first kappa shape index (κ1) is 12.9. The summed E-state index contributed by atoms with van der Waals surface area (Å²) in [7, 11) is 0. The summed E-state index contributed by atoms with van der Waals surface area (Å²) in [5.41, 5.74) is 1.11. The lowest BCUT2D eigenvalue weighted by molar-refractivity contribution is 0.530. The number of rotatable bonds is 7. The molecule has 0 aliphatic carbocycles.